The molecule has 0 unspecified atom stereocenters. The van der Waals surface area contributed by atoms with Crippen LogP contribution in [-0.4, -0.2) is 18.1 Å². The van der Waals surface area contributed by atoms with Crippen molar-refractivity contribution in [1.82, 2.24) is 10.6 Å². The Balaban J connectivity index is 0.00000280. The molecule has 0 spiro atoms. The number of fused-ring (bicyclic) bond motifs is 1. The normalized spacial score (nSPS) is 11.1. The second-order valence-electron chi connectivity index (χ2n) is 7.53. The summed E-state index contributed by atoms with van der Waals surface area (Å²) in [5.41, 5.74) is 0.750. The van der Waals surface area contributed by atoms with Gasteiger partial charge in [0.1, 0.15) is 11.5 Å². The molecule has 3 aromatic rings. The number of hydrogen-bond donors (Lipinski definition) is 2. The van der Waals surface area contributed by atoms with Crippen molar-refractivity contribution in [3.05, 3.63) is 66.1 Å². The first-order valence-electron chi connectivity index (χ1n) is 9.10. The Morgan fingerprint density at radius 1 is 1.04 bits per heavy atom. The van der Waals surface area contributed by atoms with E-state index < -0.39 is 0 Å². The number of carbonyl (C=O) groups is 1. The fourth-order valence-electron chi connectivity index (χ4n) is 2.96. The molecule has 6 heteroatoms. The Hall–Kier alpha value is -2.50. The van der Waals surface area contributed by atoms with Crippen molar-refractivity contribution in [2.24, 2.45) is 0 Å². The van der Waals surface area contributed by atoms with E-state index in [1.54, 1.807) is 6.26 Å². The van der Waals surface area contributed by atoms with Gasteiger partial charge in [-0.15, -0.1) is 12.4 Å². The average molecular weight is 403 g/mol. The van der Waals surface area contributed by atoms with Crippen LogP contribution in [0.25, 0.3) is 10.8 Å². The van der Waals surface area contributed by atoms with Gasteiger partial charge in [-0.1, -0.05) is 30.3 Å². The average Bonchev–Trinajstić information content (AvgIpc) is 3.12. The highest BCUT2D eigenvalue weighted by molar-refractivity contribution is 5.88. The SMILES string of the molecule is CC(C)(C)NC(=O)COc1ccc2ccccc2c1CNCc1ccco1.Cl. The molecule has 150 valence electrons. The van der Waals surface area contributed by atoms with Crippen LogP contribution >= 0.6 is 12.4 Å². The van der Waals surface area contributed by atoms with Gasteiger partial charge in [0.25, 0.3) is 5.91 Å². The molecule has 2 aromatic carbocycles. The van der Waals surface area contributed by atoms with Crippen molar-refractivity contribution in [3.8, 4) is 5.75 Å². The second-order valence-corrected chi connectivity index (χ2v) is 7.53. The number of amides is 1. The first-order chi connectivity index (χ1) is 12.9. The van der Waals surface area contributed by atoms with Crippen LogP contribution in [-0.2, 0) is 17.9 Å². The van der Waals surface area contributed by atoms with Gasteiger partial charge in [-0.05, 0) is 49.7 Å². The Labute approximate surface area is 171 Å². The van der Waals surface area contributed by atoms with Crippen molar-refractivity contribution in [3.63, 3.8) is 0 Å². The topological polar surface area (TPSA) is 63.5 Å². The molecule has 1 amide bonds. The first kappa shape index (κ1) is 21.8. The fourth-order valence-corrected chi connectivity index (χ4v) is 2.96. The third kappa shape index (κ3) is 6.01. The van der Waals surface area contributed by atoms with Gasteiger partial charge < -0.3 is 19.8 Å². The fraction of sp³-hybridized carbons (Fsp3) is 0.318. The van der Waals surface area contributed by atoms with Crippen LogP contribution in [0.2, 0.25) is 0 Å². The van der Waals surface area contributed by atoms with Crippen LogP contribution in [0, 0.1) is 0 Å². The van der Waals surface area contributed by atoms with Gasteiger partial charge in [0.05, 0.1) is 12.8 Å². The highest BCUT2D eigenvalue weighted by atomic mass is 35.5. The molecule has 0 saturated heterocycles. The third-order valence-electron chi connectivity index (χ3n) is 4.05. The smallest absolute Gasteiger partial charge is 0.258 e. The molecule has 0 saturated carbocycles. The number of benzene rings is 2. The van der Waals surface area contributed by atoms with E-state index >= 15 is 0 Å². The van der Waals surface area contributed by atoms with Crippen LogP contribution in [0.3, 0.4) is 0 Å². The molecule has 0 bridgehead atoms. The quantitative estimate of drug-likeness (QED) is 0.613. The highest BCUT2D eigenvalue weighted by Crippen LogP contribution is 2.28. The predicted octanol–water partition coefficient (Wildman–Crippen LogP) is 4.44. The first-order valence-corrected chi connectivity index (χ1v) is 9.10. The lowest BCUT2D eigenvalue weighted by atomic mass is 10.0. The Bertz CT molecular complexity index is 902. The minimum atomic E-state index is -0.281. The van der Waals surface area contributed by atoms with E-state index in [9.17, 15) is 4.79 Å². The molecule has 0 aliphatic heterocycles. The van der Waals surface area contributed by atoms with Gasteiger partial charge >= 0.3 is 0 Å². The number of ether oxygens (including phenoxy) is 1. The van der Waals surface area contributed by atoms with Crippen molar-refractivity contribution in [2.45, 2.75) is 39.4 Å². The number of carbonyl (C=O) groups excluding carboxylic acids is 1. The van der Waals surface area contributed by atoms with Crippen LogP contribution < -0.4 is 15.4 Å². The van der Waals surface area contributed by atoms with E-state index in [0.29, 0.717) is 18.8 Å². The van der Waals surface area contributed by atoms with E-state index in [4.69, 9.17) is 9.15 Å². The molecule has 28 heavy (non-hydrogen) atoms. The van der Waals surface area contributed by atoms with Gasteiger partial charge in [-0.25, -0.2) is 0 Å². The predicted molar refractivity (Wildman–Crippen MR) is 114 cm³/mol. The van der Waals surface area contributed by atoms with E-state index in [2.05, 4.69) is 22.8 Å². The molecule has 0 fully saturated rings. The number of furan rings is 1. The molecular weight excluding hydrogens is 376 g/mol. The zero-order chi connectivity index (χ0) is 19.3. The zero-order valence-corrected chi connectivity index (χ0v) is 17.3. The summed E-state index contributed by atoms with van der Waals surface area (Å²) in [5.74, 6) is 1.46. The Morgan fingerprint density at radius 2 is 1.82 bits per heavy atom. The summed E-state index contributed by atoms with van der Waals surface area (Å²) in [6, 6.07) is 15.9. The maximum absolute atomic E-state index is 12.1. The molecule has 1 heterocycles. The van der Waals surface area contributed by atoms with Crippen molar-refractivity contribution < 1.29 is 13.9 Å². The lowest BCUT2D eigenvalue weighted by Crippen LogP contribution is -2.43. The molecule has 5 nitrogen and oxygen atoms in total. The molecule has 3 rings (SSSR count). The second kappa shape index (κ2) is 9.62. The molecule has 0 atom stereocenters. The summed E-state index contributed by atoms with van der Waals surface area (Å²) >= 11 is 0. The lowest BCUT2D eigenvalue weighted by molar-refractivity contribution is -0.124. The number of nitrogens with one attached hydrogen (secondary N) is 2. The maximum atomic E-state index is 12.1. The van der Waals surface area contributed by atoms with Crippen molar-refractivity contribution in [1.29, 1.82) is 0 Å². The van der Waals surface area contributed by atoms with E-state index in [1.165, 1.54) is 0 Å². The van der Waals surface area contributed by atoms with Gasteiger partial charge in [0, 0.05) is 17.6 Å². The summed E-state index contributed by atoms with van der Waals surface area (Å²) in [6.07, 6.45) is 1.66. The molecular formula is C22H27ClN2O3. The summed E-state index contributed by atoms with van der Waals surface area (Å²) in [4.78, 5) is 12.1. The molecule has 1 aromatic heterocycles. The summed E-state index contributed by atoms with van der Waals surface area (Å²) < 4.78 is 11.2. The molecule has 0 aliphatic carbocycles. The molecule has 2 N–H and O–H groups in total. The van der Waals surface area contributed by atoms with Crippen molar-refractivity contribution >= 4 is 29.1 Å². The Kier molecular flexibility index (Phi) is 7.49. The summed E-state index contributed by atoms with van der Waals surface area (Å²) in [6.45, 7) is 7.07. The van der Waals surface area contributed by atoms with Gasteiger partial charge in [-0.3, -0.25) is 4.79 Å². The van der Waals surface area contributed by atoms with E-state index in [-0.39, 0.29) is 30.5 Å². The third-order valence-corrected chi connectivity index (χ3v) is 4.05. The monoisotopic (exact) mass is 402 g/mol. The highest BCUT2D eigenvalue weighted by Gasteiger charge is 2.15. The van der Waals surface area contributed by atoms with E-state index in [1.807, 2.05) is 57.2 Å². The number of halogens is 1. The maximum Gasteiger partial charge on any atom is 0.258 e. The minimum Gasteiger partial charge on any atom is -0.483 e. The van der Waals surface area contributed by atoms with Crippen LogP contribution in [0.4, 0.5) is 0 Å². The Morgan fingerprint density at radius 3 is 2.54 bits per heavy atom. The summed E-state index contributed by atoms with van der Waals surface area (Å²) in [5, 5.41) is 8.55. The zero-order valence-electron chi connectivity index (χ0n) is 16.5. The number of rotatable bonds is 7. The van der Waals surface area contributed by atoms with Crippen LogP contribution in [0.15, 0.2) is 59.2 Å². The summed E-state index contributed by atoms with van der Waals surface area (Å²) in [7, 11) is 0. The molecule has 0 aliphatic rings. The standard InChI is InChI=1S/C22H26N2O3.ClH/c1-22(2,3)24-21(25)15-27-20-11-10-16-7-4-5-9-18(16)19(20)14-23-13-17-8-6-12-26-17;/h4-12,23H,13-15H2,1-3H3,(H,24,25);1H. The van der Waals surface area contributed by atoms with Gasteiger partial charge in [-0.2, -0.15) is 0 Å². The van der Waals surface area contributed by atoms with Gasteiger partial charge in [0.2, 0.25) is 0 Å². The molecule has 0 radical (unpaired) electrons. The van der Waals surface area contributed by atoms with Crippen molar-refractivity contribution in [2.75, 3.05) is 6.61 Å². The largest absolute Gasteiger partial charge is 0.483 e. The minimum absolute atomic E-state index is 0. The van der Waals surface area contributed by atoms with Crippen LogP contribution in [0.5, 0.6) is 5.75 Å². The van der Waals surface area contributed by atoms with Gasteiger partial charge in [0.15, 0.2) is 6.61 Å². The van der Waals surface area contributed by atoms with E-state index in [0.717, 1.165) is 22.1 Å². The van der Waals surface area contributed by atoms with Crippen LogP contribution in [0.1, 0.15) is 32.1 Å². The lowest BCUT2D eigenvalue weighted by Gasteiger charge is -2.21. The number of hydrogen-bond acceptors (Lipinski definition) is 4.